The minimum atomic E-state index is -4.30. The number of anilines is 1. The summed E-state index contributed by atoms with van der Waals surface area (Å²) in [4.78, 5) is 10.7. The molecule has 17 heavy (non-hydrogen) atoms. The number of hydrogen-bond donors (Lipinski definition) is 1. The van der Waals surface area contributed by atoms with Crippen molar-refractivity contribution in [1.82, 2.24) is 0 Å². The van der Waals surface area contributed by atoms with Gasteiger partial charge in [-0.1, -0.05) is 0 Å². The fourth-order valence-electron chi connectivity index (χ4n) is 1.35. The Balaban J connectivity index is 2.43. The lowest BCUT2D eigenvalue weighted by Gasteiger charge is -2.09. The van der Waals surface area contributed by atoms with Crippen molar-refractivity contribution in [2.24, 2.45) is 0 Å². The average molecular weight is 245 g/mol. The Kier molecular flexibility index (Phi) is 4.54. The molecule has 0 aromatic heterocycles. The second-order valence-electron chi connectivity index (χ2n) is 3.81. The van der Waals surface area contributed by atoms with Gasteiger partial charge in [0.1, 0.15) is 5.78 Å². The zero-order valence-electron chi connectivity index (χ0n) is 9.47. The third kappa shape index (κ3) is 4.89. The highest BCUT2D eigenvalue weighted by atomic mass is 19.4. The average Bonchev–Trinajstić information content (AvgIpc) is 2.23. The number of carbonyl (C=O) groups is 1. The van der Waals surface area contributed by atoms with Crippen LogP contribution in [-0.4, -0.2) is 12.3 Å². The summed E-state index contributed by atoms with van der Waals surface area (Å²) in [5.41, 5.74) is -0.0339. The number of alkyl halides is 3. The van der Waals surface area contributed by atoms with E-state index in [9.17, 15) is 18.0 Å². The van der Waals surface area contributed by atoms with Crippen LogP contribution in [-0.2, 0) is 11.0 Å². The van der Waals surface area contributed by atoms with Gasteiger partial charge in [-0.3, -0.25) is 0 Å². The second-order valence-corrected chi connectivity index (χ2v) is 3.81. The van der Waals surface area contributed by atoms with Crippen LogP contribution in [0.15, 0.2) is 24.3 Å². The molecule has 1 aromatic rings. The largest absolute Gasteiger partial charge is 0.416 e. The Morgan fingerprint density at radius 2 is 1.82 bits per heavy atom. The molecule has 0 radical (unpaired) electrons. The van der Waals surface area contributed by atoms with Crippen molar-refractivity contribution in [3.8, 4) is 0 Å². The topological polar surface area (TPSA) is 29.1 Å². The number of hydrogen-bond acceptors (Lipinski definition) is 2. The highest BCUT2D eigenvalue weighted by Crippen LogP contribution is 2.29. The molecule has 0 unspecified atom stereocenters. The first kappa shape index (κ1) is 13.5. The Morgan fingerprint density at radius 3 is 2.29 bits per heavy atom. The van der Waals surface area contributed by atoms with Crippen molar-refractivity contribution in [3.05, 3.63) is 29.8 Å². The molecular weight excluding hydrogens is 231 g/mol. The minimum absolute atomic E-state index is 0.110. The van der Waals surface area contributed by atoms with E-state index in [0.717, 1.165) is 12.1 Å². The van der Waals surface area contributed by atoms with Gasteiger partial charge in [0.05, 0.1) is 5.56 Å². The molecule has 0 bridgehead atoms. The number of Topliss-reactive ketones (excluding diaryl/α,β-unsaturated/α-hetero) is 1. The molecule has 0 heterocycles. The zero-order chi connectivity index (χ0) is 12.9. The van der Waals surface area contributed by atoms with Gasteiger partial charge in [-0.2, -0.15) is 13.2 Å². The van der Waals surface area contributed by atoms with Crippen molar-refractivity contribution in [2.75, 3.05) is 11.9 Å². The molecule has 0 aliphatic heterocycles. The van der Waals surface area contributed by atoms with Crippen LogP contribution in [0.3, 0.4) is 0 Å². The monoisotopic (exact) mass is 245 g/mol. The van der Waals surface area contributed by atoms with Crippen molar-refractivity contribution in [3.63, 3.8) is 0 Å². The van der Waals surface area contributed by atoms with Gasteiger partial charge in [-0.25, -0.2) is 0 Å². The van der Waals surface area contributed by atoms with E-state index >= 15 is 0 Å². The molecule has 1 N–H and O–H groups in total. The van der Waals surface area contributed by atoms with Crippen molar-refractivity contribution in [1.29, 1.82) is 0 Å². The number of carbonyl (C=O) groups excluding carboxylic acids is 1. The summed E-state index contributed by atoms with van der Waals surface area (Å²) in [5, 5.41) is 2.96. The fourth-order valence-corrected chi connectivity index (χ4v) is 1.35. The van der Waals surface area contributed by atoms with E-state index in [2.05, 4.69) is 5.32 Å². The lowest BCUT2D eigenvalue weighted by Crippen LogP contribution is -2.06. The molecule has 0 aliphatic rings. The third-order valence-electron chi connectivity index (χ3n) is 2.25. The van der Waals surface area contributed by atoms with E-state index < -0.39 is 11.7 Å². The lowest BCUT2D eigenvalue weighted by molar-refractivity contribution is -0.137. The molecule has 2 nitrogen and oxygen atoms in total. The number of rotatable bonds is 5. The first-order chi connectivity index (χ1) is 7.89. The van der Waals surface area contributed by atoms with Gasteiger partial charge in [0.2, 0.25) is 0 Å². The first-order valence-corrected chi connectivity index (χ1v) is 5.30. The second kappa shape index (κ2) is 5.70. The van der Waals surface area contributed by atoms with Crippen LogP contribution < -0.4 is 5.32 Å². The smallest absolute Gasteiger partial charge is 0.385 e. The molecule has 0 amide bonds. The Hall–Kier alpha value is -1.52. The Bertz CT molecular complexity index is 370. The maximum Gasteiger partial charge on any atom is 0.416 e. The highest BCUT2D eigenvalue weighted by Gasteiger charge is 2.29. The summed E-state index contributed by atoms with van der Waals surface area (Å²) in [5.74, 6) is 0.110. The Labute approximate surface area is 97.8 Å². The summed E-state index contributed by atoms with van der Waals surface area (Å²) < 4.78 is 36.8. The molecule has 1 aromatic carbocycles. The normalized spacial score (nSPS) is 11.3. The predicted octanol–water partition coefficient (Wildman–Crippen LogP) is 3.49. The van der Waals surface area contributed by atoms with Gasteiger partial charge in [0, 0.05) is 18.7 Å². The fraction of sp³-hybridized carbons (Fsp3) is 0.417. The standard InChI is InChI=1S/C12H14F3NO/c1-9(17)3-2-8-16-11-6-4-10(5-7-11)12(13,14)15/h4-7,16H,2-3,8H2,1H3. The predicted molar refractivity (Wildman–Crippen MR) is 59.8 cm³/mol. The van der Waals surface area contributed by atoms with Gasteiger partial charge in [-0.05, 0) is 37.6 Å². The quantitative estimate of drug-likeness (QED) is 0.804. The van der Waals surface area contributed by atoms with E-state index in [1.165, 1.54) is 19.1 Å². The summed E-state index contributed by atoms with van der Waals surface area (Å²) in [7, 11) is 0. The van der Waals surface area contributed by atoms with E-state index in [1.807, 2.05) is 0 Å². The molecule has 0 atom stereocenters. The summed E-state index contributed by atoms with van der Waals surface area (Å²) >= 11 is 0. The van der Waals surface area contributed by atoms with Gasteiger partial charge in [0.25, 0.3) is 0 Å². The molecular formula is C12H14F3NO. The number of nitrogens with one attached hydrogen (secondary N) is 1. The van der Waals surface area contributed by atoms with Crippen LogP contribution in [0.25, 0.3) is 0 Å². The summed E-state index contributed by atoms with van der Waals surface area (Å²) in [6, 6.07) is 4.84. The number of halogens is 3. The third-order valence-corrected chi connectivity index (χ3v) is 2.25. The van der Waals surface area contributed by atoms with E-state index in [4.69, 9.17) is 0 Å². The number of ketones is 1. The molecule has 0 spiro atoms. The van der Waals surface area contributed by atoms with Crippen LogP contribution in [0.4, 0.5) is 18.9 Å². The molecule has 0 fully saturated rings. The van der Waals surface area contributed by atoms with E-state index in [-0.39, 0.29) is 5.78 Å². The van der Waals surface area contributed by atoms with Crippen LogP contribution in [0.1, 0.15) is 25.3 Å². The molecule has 0 saturated carbocycles. The van der Waals surface area contributed by atoms with Gasteiger partial charge in [-0.15, -0.1) is 0 Å². The molecule has 0 aliphatic carbocycles. The van der Waals surface area contributed by atoms with Crippen molar-refractivity contribution < 1.29 is 18.0 Å². The number of benzene rings is 1. The SMILES string of the molecule is CC(=O)CCCNc1ccc(C(F)(F)F)cc1. The molecule has 94 valence electrons. The summed E-state index contributed by atoms with van der Waals surface area (Å²) in [6.07, 6.45) is -3.14. The zero-order valence-corrected chi connectivity index (χ0v) is 9.47. The van der Waals surface area contributed by atoms with Crippen molar-refractivity contribution in [2.45, 2.75) is 25.9 Å². The molecule has 5 heteroatoms. The minimum Gasteiger partial charge on any atom is -0.385 e. The van der Waals surface area contributed by atoms with E-state index in [1.54, 1.807) is 0 Å². The summed E-state index contributed by atoms with van der Waals surface area (Å²) in [6.45, 7) is 2.09. The van der Waals surface area contributed by atoms with Crippen LogP contribution in [0.2, 0.25) is 0 Å². The Morgan fingerprint density at radius 1 is 1.24 bits per heavy atom. The first-order valence-electron chi connectivity index (χ1n) is 5.30. The van der Waals surface area contributed by atoms with Crippen LogP contribution >= 0.6 is 0 Å². The maximum absolute atomic E-state index is 12.3. The van der Waals surface area contributed by atoms with Gasteiger partial charge < -0.3 is 10.1 Å². The highest BCUT2D eigenvalue weighted by molar-refractivity contribution is 5.75. The van der Waals surface area contributed by atoms with Crippen LogP contribution in [0.5, 0.6) is 0 Å². The molecule has 1 rings (SSSR count). The maximum atomic E-state index is 12.3. The van der Waals surface area contributed by atoms with E-state index in [0.29, 0.717) is 25.1 Å². The molecule has 0 saturated heterocycles. The van der Waals surface area contributed by atoms with Gasteiger partial charge in [0.15, 0.2) is 0 Å². The van der Waals surface area contributed by atoms with Gasteiger partial charge >= 0.3 is 6.18 Å². The van der Waals surface area contributed by atoms with Crippen molar-refractivity contribution >= 4 is 11.5 Å². The van der Waals surface area contributed by atoms with Crippen LogP contribution in [0, 0.1) is 0 Å². The lowest BCUT2D eigenvalue weighted by atomic mass is 10.2.